The standard InChI is InChI=1S/C17H26N2O.ClH/c1-3-13-6-10-15(11-7-13)19-17(20)16(18)14-8-4-12(2)5-9-14;/h4-5,8-9,13,15-16H,3,6-7,10-11,18H2,1-2H3,(H,19,20);1H. The second-order valence-corrected chi connectivity index (χ2v) is 6.02. The summed E-state index contributed by atoms with van der Waals surface area (Å²) in [6.45, 7) is 4.28. The molecule has 0 aromatic heterocycles. The van der Waals surface area contributed by atoms with Gasteiger partial charge in [-0.05, 0) is 44.1 Å². The molecule has 1 aliphatic carbocycles. The smallest absolute Gasteiger partial charge is 0.241 e. The highest BCUT2D eigenvalue weighted by molar-refractivity contribution is 5.85. The number of hydrogen-bond acceptors (Lipinski definition) is 2. The predicted molar refractivity (Wildman–Crippen MR) is 89.5 cm³/mol. The molecule has 4 heteroatoms. The highest BCUT2D eigenvalue weighted by Crippen LogP contribution is 2.26. The Morgan fingerprint density at radius 3 is 2.33 bits per heavy atom. The lowest BCUT2D eigenvalue weighted by molar-refractivity contribution is -0.123. The van der Waals surface area contributed by atoms with Crippen molar-refractivity contribution >= 4 is 18.3 Å². The van der Waals surface area contributed by atoms with Crippen molar-refractivity contribution < 1.29 is 4.79 Å². The molecule has 1 atom stereocenters. The largest absolute Gasteiger partial charge is 0.352 e. The Morgan fingerprint density at radius 2 is 1.81 bits per heavy atom. The molecule has 2 rings (SSSR count). The molecule has 3 N–H and O–H groups in total. The van der Waals surface area contributed by atoms with Gasteiger partial charge >= 0.3 is 0 Å². The van der Waals surface area contributed by atoms with Crippen molar-refractivity contribution in [2.45, 2.75) is 58.0 Å². The Bertz CT molecular complexity index is 439. The number of aryl methyl sites for hydroxylation is 1. The van der Waals surface area contributed by atoms with Crippen LogP contribution in [0.4, 0.5) is 0 Å². The number of carbonyl (C=O) groups is 1. The number of rotatable bonds is 4. The summed E-state index contributed by atoms with van der Waals surface area (Å²) in [5.74, 6) is 0.794. The van der Waals surface area contributed by atoms with Crippen molar-refractivity contribution in [1.29, 1.82) is 0 Å². The van der Waals surface area contributed by atoms with Crippen LogP contribution >= 0.6 is 12.4 Å². The molecule has 0 radical (unpaired) electrons. The Hall–Kier alpha value is -1.06. The fraction of sp³-hybridized carbons (Fsp3) is 0.588. The average Bonchev–Trinajstić information content (AvgIpc) is 2.48. The maximum Gasteiger partial charge on any atom is 0.241 e. The van der Waals surface area contributed by atoms with Crippen molar-refractivity contribution in [2.75, 3.05) is 0 Å². The molecule has 1 aliphatic rings. The van der Waals surface area contributed by atoms with Crippen LogP contribution in [0, 0.1) is 12.8 Å². The number of benzene rings is 1. The highest BCUT2D eigenvalue weighted by atomic mass is 35.5. The molecule has 1 fully saturated rings. The predicted octanol–water partition coefficient (Wildman–Crippen LogP) is 3.50. The SMILES string of the molecule is CCC1CCC(NC(=O)C(N)c2ccc(C)cc2)CC1.Cl. The molecular formula is C17H27ClN2O. The molecular weight excluding hydrogens is 284 g/mol. The lowest BCUT2D eigenvalue weighted by atomic mass is 9.84. The van der Waals surface area contributed by atoms with E-state index in [-0.39, 0.29) is 18.3 Å². The molecule has 0 aliphatic heterocycles. The van der Waals surface area contributed by atoms with Gasteiger partial charge in [-0.15, -0.1) is 12.4 Å². The number of nitrogens with two attached hydrogens (primary N) is 1. The van der Waals surface area contributed by atoms with E-state index in [2.05, 4.69) is 12.2 Å². The van der Waals surface area contributed by atoms with Gasteiger partial charge in [0.25, 0.3) is 0 Å². The van der Waals surface area contributed by atoms with Crippen LogP contribution < -0.4 is 11.1 Å². The first kappa shape index (κ1) is 18.0. The van der Waals surface area contributed by atoms with Gasteiger partial charge in [0, 0.05) is 6.04 Å². The van der Waals surface area contributed by atoms with Gasteiger partial charge in [-0.3, -0.25) is 4.79 Å². The van der Waals surface area contributed by atoms with Gasteiger partial charge in [0.2, 0.25) is 5.91 Å². The lowest BCUT2D eigenvalue weighted by Crippen LogP contribution is -2.42. The Morgan fingerprint density at radius 1 is 1.24 bits per heavy atom. The maximum atomic E-state index is 12.2. The molecule has 1 aromatic rings. The molecule has 3 nitrogen and oxygen atoms in total. The summed E-state index contributed by atoms with van der Waals surface area (Å²) in [5.41, 5.74) is 8.11. The lowest BCUT2D eigenvalue weighted by Gasteiger charge is -2.29. The summed E-state index contributed by atoms with van der Waals surface area (Å²) in [7, 11) is 0. The Labute approximate surface area is 134 Å². The Balaban J connectivity index is 0.00000220. The average molecular weight is 311 g/mol. The van der Waals surface area contributed by atoms with Crippen molar-refractivity contribution in [3.63, 3.8) is 0 Å². The van der Waals surface area contributed by atoms with Gasteiger partial charge in [-0.25, -0.2) is 0 Å². The van der Waals surface area contributed by atoms with E-state index in [1.54, 1.807) is 0 Å². The zero-order valence-electron chi connectivity index (χ0n) is 13.0. The normalized spacial score (nSPS) is 23.0. The molecule has 21 heavy (non-hydrogen) atoms. The summed E-state index contributed by atoms with van der Waals surface area (Å²) in [4.78, 5) is 12.2. The fourth-order valence-electron chi connectivity index (χ4n) is 2.93. The molecule has 0 saturated heterocycles. The number of nitrogens with one attached hydrogen (secondary N) is 1. The van der Waals surface area contributed by atoms with Gasteiger partial charge in [0.05, 0.1) is 0 Å². The van der Waals surface area contributed by atoms with E-state index in [0.717, 1.165) is 24.3 Å². The van der Waals surface area contributed by atoms with Gasteiger partial charge in [-0.2, -0.15) is 0 Å². The number of amides is 1. The van der Waals surface area contributed by atoms with Crippen molar-refractivity contribution in [2.24, 2.45) is 11.7 Å². The van der Waals surface area contributed by atoms with E-state index in [0.29, 0.717) is 6.04 Å². The molecule has 1 amide bonds. The quantitative estimate of drug-likeness (QED) is 0.894. The van der Waals surface area contributed by atoms with Crippen LogP contribution in [0.2, 0.25) is 0 Å². The van der Waals surface area contributed by atoms with Gasteiger partial charge in [0.15, 0.2) is 0 Å². The van der Waals surface area contributed by atoms with E-state index in [1.165, 1.54) is 24.8 Å². The van der Waals surface area contributed by atoms with Crippen LogP contribution in [0.1, 0.15) is 56.2 Å². The number of halogens is 1. The second kappa shape index (κ2) is 8.40. The van der Waals surface area contributed by atoms with Crippen molar-refractivity contribution in [3.05, 3.63) is 35.4 Å². The monoisotopic (exact) mass is 310 g/mol. The minimum absolute atomic E-state index is 0. The van der Waals surface area contributed by atoms with Crippen LogP contribution in [0.3, 0.4) is 0 Å². The first-order chi connectivity index (χ1) is 9.60. The van der Waals surface area contributed by atoms with E-state index in [1.807, 2.05) is 31.2 Å². The third kappa shape index (κ3) is 5.01. The van der Waals surface area contributed by atoms with Crippen LogP contribution in [-0.2, 0) is 4.79 Å². The summed E-state index contributed by atoms with van der Waals surface area (Å²) < 4.78 is 0. The molecule has 1 aromatic carbocycles. The first-order valence-corrected chi connectivity index (χ1v) is 7.72. The minimum atomic E-state index is -0.556. The van der Waals surface area contributed by atoms with Crippen LogP contribution in [-0.4, -0.2) is 11.9 Å². The highest BCUT2D eigenvalue weighted by Gasteiger charge is 2.24. The summed E-state index contributed by atoms with van der Waals surface area (Å²) in [6.07, 6.45) is 5.88. The molecule has 0 heterocycles. The first-order valence-electron chi connectivity index (χ1n) is 7.72. The van der Waals surface area contributed by atoms with E-state index >= 15 is 0 Å². The van der Waals surface area contributed by atoms with E-state index in [4.69, 9.17) is 5.73 Å². The summed E-state index contributed by atoms with van der Waals surface area (Å²) in [5, 5.41) is 3.11. The molecule has 118 valence electrons. The molecule has 0 spiro atoms. The van der Waals surface area contributed by atoms with Gasteiger partial charge in [-0.1, -0.05) is 43.2 Å². The molecule has 1 unspecified atom stereocenters. The minimum Gasteiger partial charge on any atom is -0.352 e. The van der Waals surface area contributed by atoms with Crippen molar-refractivity contribution in [1.82, 2.24) is 5.32 Å². The molecule has 1 saturated carbocycles. The molecule has 0 bridgehead atoms. The van der Waals surface area contributed by atoms with Crippen molar-refractivity contribution in [3.8, 4) is 0 Å². The second-order valence-electron chi connectivity index (χ2n) is 6.02. The number of hydrogen-bond donors (Lipinski definition) is 2. The third-order valence-electron chi connectivity index (χ3n) is 4.49. The van der Waals surface area contributed by atoms with Crippen LogP contribution in [0.5, 0.6) is 0 Å². The maximum absolute atomic E-state index is 12.2. The zero-order valence-corrected chi connectivity index (χ0v) is 13.8. The summed E-state index contributed by atoms with van der Waals surface area (Å²) >= 11 is 0. The zero-order chi connectivity index (χ0) is 14.5. The fourth-order valence-corrected chi connectivity index (χ4v) is 2.93. The van der Waals surface area contributed by atoms with Gasteiger partial charge < -0.3 is 11.1 Å². The van der Waals surface area contributed by atoms with Gasteiger partial charge in [0.1, 0.15) is 6.04 Å². The van der Waals surface area contributed by atoms with Crippen LogP contribution in [0.25, 0.3) is 0 Å². The third-order valence-corrected chi connectivity index (χ3v) is 4.49. The Kier molecular flexibility index (Phi) is 7.20. The van der Waals surface area contributed by atoms with E-state index < -0.39 is 6.04 Å². The summed E-state index contributed by atoms with van der Waals surface area (Å²) in [6, 6.07) is 7.62. The number of carbonyl (C=O) groups excluding carboxylic acids is 1. The van der Waals surface area contributed by atoms with E-state index in [9.17, 15) is 4.79 Å². The topological polar surface area (TPSA) is 55.1 Å². The van der Waals surface area contributed by atoms with Crippen LogP contribution in [0.15, 0.2) is 24.3 Å².